The largest absolute Gasteiger partial charge is 0.481 e. The van der Waals surface area contributed by atoms with Crippen molar-refractivity contribution in [1.29, 1.82) is 0 Å². The smallest absolute Gasteiger partial charge is 0.315 e. The fourth-order valence-electron chi connectivity index (χ4n) is 1.70. The van der Waals surface area contributed by atoms with Crippen molar-refractivity contribution in [3.05, 3.63) is 0 Å². The van der Waals surface area contributed by atoms with E-state index in [-0.39, 0.29) is 23.9 Å². The van der Waals surface area contributed by atoms with Gasteiger partial charge in [0.05, 0.1) is 12.6 Å². The highest BCUT2D eigenvalue weighted by atomic mass is 16.5. The first-order chi connectivity index (χ1) is 9.26. The van der Waals surface area contributed by atoms with Crippen molar-refractivity contribution >= 4 is 12.0 Å². The Hall–Kier alpha value is -1.30. The zero-order chi connectivity index (χ0) is 15.6. The lowest BCUT2D eigenvalue weighted by Gasteiger charge is -2.24. The van der Waals surface area contributed by atoms with Gasteiger partial charge < -0.3 is 20.5 Å². The molecule has 0 bridgehead atoms. The fourth-order valence-corrected chi connectivity index (χ4v) is 1.70. The Morgan fingerprint density at radius 2 is 1.95 bits per heavy atom. The summed E-state index contributed by atoms with van der Waals surface area (Å²) in [5.74, 6) is -0.784. The lowest BCUT2D eigenvalue weighted by molar-refractivity contribution is -0.137. The summed E-state index contributed by atoms with van der Waals surface area (Å²) in [5, 5.41) is 14.2. The third-order valence-electron chi connectivity index (χ3n) is 3.05. The van der Waals surface area contributed by atoms with Crippen molar-refractivity contribution in [2.24, 2.45) is 5.41 Å². The van der Waals surface area contributed by atoms with Crippen LogP contribution in [0.1, 0.15) is 47.0 Å². The van der Waals surface area contributed by atoms with Crippen molar-refractivity contribution < 1.29 is 19.4 Å². The molecule has 6 nitrogen and oxygen atoms in total. The van der Waals surface area contributed by atoms with E-state index in [2.05, 4.69) is 10.6 Å². The molecule has 0 rings (SSSR count). The van der Waals surface area contributed by atoms with Crippen molar-refractivity contribution in [1.82, 2.24) is 10.6 Å². The molecule has 6 heteroatoms. The lowest BCUT2D eigenvalue weighted by Crippen LogP contribution is -2.43. The van der Waals surface area contributed by atoms with Gasteiger partial charge in [0.15, 0.2) is 0 Å². The molecular formula is C14H28N2O4. The third-order valence-corrected chi connectivity index (χ3v) is 3.05. The van der Waals surface area contributed by atoms with Crippen molar-refractivity contribution in [2.45, 2.75) is 53.0 Å². The van der Waals surface area contributed by atoms with E-state index >= 15 is 0 Å². The summed E-state index contributed by atoms with van der Waals surface area (Å²) in [6.45, 7) is 9.46. The molecule has 0 saturated carbocycles. The van der Waals surface area contributed by atoms with Gasteiger partial charge in [-0.05, 0) is 32.1 Å². The zero-order valence-electron chi connectivity index (χ0n) is 13.0. The van der Waals surface area contributed by atoms with Crippen LogP contribution in [0.4, 0.5) is 4.79 Å². The first-order valence-corrected chi connectivity index (χ1v) is 7.10. The second-order valence-corrected chi connectivity index (χ2v) is 5.77. The number of carbonyl (C=O) groups excluding carboxylic acids is 1. The van der Waals surface area contributed by atoms with Gasteiger partial charge in [0.2, 0.25) is 0 Å². The minimum atomic E-state index is -0.784. The van der Waals surface area contributed by atoms with Crippen LogP contribution < -0.4 is 10.6 Å². The van der Waals surface area contributed by atoms with Gasteiger partial charge in [-0.1, -0.05) is 13.8 Å². The quantitative estimate of drug-likeness (QED) is 0.573. The molecule has 2 amide bonds. The van der Waals surface area contributed by atoms with Crippen molar-refractivity contribution in [3.8, 4) is 0 Å². The molecule has 0 aromatic carbocycles. The van der Waals surface area contributed by atoms with Gasteiger partial charge in [-0.3, -0.25) is 4.79 Å². The van der Waals surface area contributed by atoms with Crippen LogP contribution in [0.5, 0.6) is 0 Å². The molecule has 3 N–H and O–H groups in total. The molecule has 118 valence electrons. The number of rotatable bonds is 10. The molecule has 0 aromatic rings. The zero-order valence-corrected chi connectivity index (χ0v) is 13.0. The summed E-state index contributed by atoms with van der Waals surface area (Å²) in [6.07, 6.45) is 1.50. The molecule has 0 aliphatic rings. The Kier molecular flexibility index (Phi) is 8.96. The van der Waals surface area contributed by atoms with E-state index in [1.165, 1.54) is 0 Å². The van der Waals surface area contributed by atoms with Crippen molar-refractivity contribution in [2.75, 3.05) is 19.8 Å². The molecule has 0 spiro atoms. The first kappa shape index (κ1) is 18.7. The molecule has 0 radical (unpaired) electrons. The predicted octanol–water partition coefficient (Wildman–Crippen LogP) is 1.99. The lowest BCUT2D eigenvalue weighted by atomic mass is 9.84. The summed E-state index contributed by atoms with van der Waals surface area (Å²) in [6, 6.07) is -0.249. The van der Waals surface area contributed by atoms with Crippen LogP contribution in [0.2, 0.25) is 0 Å². The normalized spacial score (nSPS) is 12.8. The van der Waals surface area contributed by atoms with Crippen LogP contribution in [0, 0.1) is 5.41 Å². The SMILES string of the molecule is CCOCC(C)NC(=O)NCCC(C)(C)CCC(=O)O. The highest BCUT2D eigenvalue weighted by Crippen LogP contribution is 2.25. The average molecular weight is 288 g/mol. The van der Waals surface area contributed by atoms with Crippen LogP contribution in [-0.2, 0) is 9.53 Å². The highest BCUT2D eigenvalue weighted by Gasteiger charge is 2.19. The Morgan fingerprint density at radius 3 is 2.50 bits per heavy atom. The molecule has 20 heavy (non-hydrogen) atoms. The molecule has 0 aliphatic heterocycles. The topological polar surface area (TPSA) is 87.7 Å². The Labute approximate surface area is 121 Å². The minimum absolute atomic E-state index is 0.0324. The molecular weight excluding hydrogens is 260 g/mol. The number of amides is 2. The van der Waals surface area contributed by atoms with Crippen LogP contribution in [0.25, 0.3) is 0 Å². The molecule has 0 saturated heterocycles. The van der Waals surface area contributed by atoms with Gasteiger partial charge in [-0.2, -0.15) is 0 Å². The number of nitrogens with one attached hydrogen (secondary N) is 2. The summed E-state index contributed by atoms with van der Waals surface area (Å²) < 4.78 is 5.21. The maximum atomic E-state index is 11.6. The highest BCUT2D eigenvalue weighted by molar-refractivity contribution is 5.74. The summed E-state index contributed by atoms with van der Waals surface area (Å²) in [4.78, 5) is 22.1. The average Bonchev–Trinajstić information content (AvgIpc) is 2.33. The monoisotopic (exact) mass is 288 g/mol. The van der Waals surface area contributed by atoms with Gasteiger partial charge in [-0.15, -0.1) is 0 Å². The summed E-state index contributed by atoms with van der Waals surface area (Å²) >= 11 is 0. The maximum Gasteiger partial charge on any atom is 0.315 e. The van der Waals surface area contributed by atoms with E-state index in [0.717, 1.165) is 6.42 Å². The van der Waals surface area contributed by atoms with Crippen LogP contribution in [-0.4, -0.2) is 42.9 Å². The number of hydrogen-bond acceptors (Lipinski definition) is 3. The number of carboxylic acid groups (broad SMARTS) is 1. The summed E-state index contributed by atoms with van der Waals surface area (Å²) in [5.41, 5.74) is -0.0946. The summed E-state index contributed by atoms with van der Waals surface area (Å²) in [7, 11) is 0. The number of hydrogen-bond donors (Lipinski definition) is 3. The van der Waals surface area contributed by atoms with Crippen LogP contribution >= 0.6 is 0 Å². The predicted molar refractivity (Wildman–Crippen MR) is 77.8 cm³/mol. The Morgan fingerprint density at radius 1 is 1.30 bits per heavy atom. The molecule has 0 aliphatic carbocycles. The minimum Gasteiger partial charge on any atom is -0.481 e. The second kappa shape index (κ2) is 9.58. The molecule has 0 heterocycles. The van der Waals surface area contributed by atoms with Gasteiger partial charge in [0, 0.05) is 19.6 Å². The Bertz CT molecular complexity index is 306. The maximum absolute atomic E-state index is 11.6. The van der Waals surface area contributed by atoms with Gasteiger partial charge in [0.1, 0.15) is 0 Å². The molecule has 1 atom stereocenters. The van der Waals surface area contributed by atoms with Gasteiger partial charge in [-0.25, -0.2) is 4.79 Å². The van der Waals surface area contributed by atoms with E-state index < -0.39 is 5.97 Å². The van der Waals surface area contributed by atoms with Gasteiger partial charge in [0.25, 0.3) is 0 Å². The number of ether oxygens (including phenoxy) is 1. The van der Waals surface area contributed by atoms with E-state index in [4.69, 9.17) is 9.84 Å². The van der Waals surface area contributed by atoms with E-state index in [9.17, 15) is 9.59 Å². The van der Waals surface area contributed by atoms with E-state index in [1.807, 2.05) is 27.7 Å². The van der Waals surface area contributed by atoms with Crippen LogP contribution in [0.15, 0.2) is 0 Å². The molecule has 0 fully saturated rings. The molecule has 0 aromatic heterocycles. The standard InChI is InChI=1S/C14H28N2O4/c1-5-20-10-11(2)16-13(19)15-9-8-14(3,4)7-6-12(17)18/h11H,5-10H2,1-4H3,(H,17,18)(H2,15,16,19). The third kappa shape index (κ3) is 10.6. The first-order valence-electron chi connectivity index (χ1n) is 7.10. The fraction of sp³-hybridized carbons (Fsp3) is 0.857. The van der Waals surface area contributed by atoms with Gasteiger partial charge >= 0.3 is 12.0 Å². The van der Waals surface area contributed by atoms with Crippen molar-refractivity contribution in [3.63, 3.8) is 0 Å². The van der Waals surface area contributed by atoms with E-state index in [1.54, 1.807) is 0 Å². The number of carbonyl (C=O) groups is 2. The second-order valence-electron chi connectivity index (χ2n) is 5.77. The van der Waals surface area contributed by atoms with E-state index in [0.29, 0.717) is 26.2 Å². The number of aliphatic carboxylic acids is 1. The number of carboxylic acids is 1. The van der Waals surface area contributed by atoms with Crippen LogP contribution in [0.3, 0.4) is 0 Å². The molecule has 1 unspecified atom stereocenters. The number of urea groups is 1. The Balaban J connectivity index is 3.81.